The number of rotatable bonds is 3. The third kappa shape index (κ3) is 1.58. The number of carboxylic acid groups (broad SMARTS) is 1. The smallest absolute Gasteiger partial charge is 0.304 e. The SMILES string of the molecule is O=C(O)CC1(c2ccc(F)c(O)c2O)CC1. The van der Waals surface area contributed by atoms with Crippen molar-refractivity contribution in [1.82, 2.24) is 0 Å². The van der Waals surface area contributed by atoms with Gasteiger partial charge < -0.3 is 15.3 Å². The van der Waals surface area contributed by atoms with Crippen molar-refractivity contribution in [2.75, 3.05) is 0 Å². The summed E-state index contributed by atoms with van der Waals surface area (Å²) in [6, 6.07) is 2.37. The van der Waals surface area contributed by atoms with E-state index >= 15 is 0 Å². The van der Waals surface area contributed by atoms with Crippen LogP contribution in [0.1, 0.15) is 24.8 Å². The fraction of sp³-hybridized carbons (Fsp3) is 0.364. The molecule has 2 rings (SSSR count). The minimum Gasteiger partial charge on any atom is -0.504 e. The molecule has 5 heteroatoms. The lowest BCUT2D eigenvalue weighted by Gasteiger charge is -2.15. The van der Waals surface area contributed by atoms with Crippen molar-refractivity contribution in [1.29, 1.82) is 0 Å². The van der Waals surface area contributed by atoms with E-state index in [0.717, 1.165) is 6.07 Å². The van der Waals surface area contributed by atoms with Gasteiger partial charge in [0.1, 0.15) is 0 Å². The first-order chi connectivity index (χ1) is 7.46. The molecule has 1 fully saturated rings. The van der Waals surface area contributed by atoms with Crippen molar-refractivity contribution in [2.24, 2.45) is 0 Å². The van der Waals surface area contributed by atoms with Gasteiger partial charge >= 0.3 is 5.97 Å². The van der Waals surface area contributed by atoms with Gasteiger partial charge in [0.05, 0.1) is 6.42 Å². The summed E-state index contributed by atoms with van der Waals surface area (Å²) in [6.07, 6.45) is 1.13. The zero-order chi connectivity index (χ0) is 11.9. The van der Waals surface area contributed by atoms with Gasteiger partial charge in [-0.25, -0.2) is 4.39 Å². The van der Waals surface area contributed by atoms with Crippen LogP contribution < -0.4 is 0 Å². The zero-order valence-electron chi connectivity index (χ0n) is 8.40. The van der Waals surface area contributed by atoms with Crippen LogP contribution in [0.3, 0.4) is 0 Å². The number of hydrogen-bond acceptors (Lipinski definition) is 3. The van der Waals surface area contributed by atoms with E-state index in [-0.39, 0.29) is 6.42 Å². The average Bonchev–Trinajstić information content (AvgIpc) is 2.94. The van der Waals surface area contributed by atoms with E-state index in [1.807, 2.05) is 0 Å². The van der Waals surface area contributed by atoms with E-state index < -0.39 is 28.7 Å². The lowest BCUT2D eigenvalue weighted by molar-refractivity contribution is -0.137. The highest BCUT2D eigenvalue weighted by Gasteiger charge is 2.48. The summed E-state index contributed by atoms with van der Waals surface area (Å²) in [5, 5.41) is 27.6. The van der Waals surface area contributed by atoms with Gasteiger partial charge in [-0.1, -0.05) is 6.07 Å². The van der Waals surface area contributed by atoms with Gasteiger partial charge in [0.2, 0.25) is 0 Å². The summed E-state index contributed by atoms with van der Waals surface area (Å²) in [5.41, 5.74) is -0.324. The van der Waals surface area contributed by atoms with Crippen molar-refractivity contribution in [3.8, 4) is 11.5 Å². The number of carbonyl (C=O) groups is 1. The normalized spacial score (nSPS) is 17.1. The minimum absolute atomic E-state index is 0.119. The summed E-state index contributed by atoms with van der Waals surface area (Å²) in [4.78, 5) is 10.7. The molecule has 1 aliphatic carbocycles. The Balaban J connectivity index is 2.42. The second-order valence-corrected chi connectivity index (χ2v) is 4.14. The Labute approximate surface area is 91.0 Å². The molecule has 0 unspecified atom stereocenters. The third-order valence-electron chi connectivity index (χ3n) is 3.02. The standard InChI is InChI=1S/C11H11FO4/c12-7-2-1-6(9(15)10(7)16)11(3-4-11)5-8(13)14/h1-2,15-16H,3-5H2,(H,13,14). The Bertz CT molecular complexity index is 452. The van der Waals surface area contributed by atoms with Crippen LogP contribution in [-0.4, -0.2) is 21.3 Å². The van der Waals surface area contributed by atoms with Crippen molar-refractivity contribution in [3.05, 3.63) is 23.5 Å². The quantitative estimate of drug-likeness (QED) is 0.686. The topological polar surface area (TPSA) is 77.8 Å². The zero-order valence-corrected chi connectivity index (χ0v) is 8.40. The van der Waals surface area contributed by atoms with Gasteiger partial charge in [-0.05, 0) is 18.9 Å². The maximum absolute atomic E-state index is 12.9. The highest BCUT2D eigenvalue weighted by molar-refractivity contribution is 5.71. The van der Waals surface area contributed by atoms with Crippen LogP contribution in [0.25, 0.3) is 0 Å². The van der Waals surface area contributed by atoms with E-state index in [4.69, 9.17) is 5.11 Å². The number of phenolic OH excluding ortho intramolecular Hbond substituents is 2. The molecule has 1 aromatic carbocycles. The maximum atomic E-state index is 12.9. The Morgan fingerprint density at radius 2 is 1.94 bits per heavy atom. The van der Waals surface area contributed by atoms with Crippen molar-refractivity contribution in [2.45, 2.75) is 24.7 Å². The molecular formula is C11H11FO4. The lowest BCUT2D eigenvalue weighted by atomic mass is 9.91. The second kappa shape index (κ2) is 3.37. The molecule has 0 amide bonds. The van der Waals surface area contributed by atoms with Crippen LogP contribution in [0.2, 0.25) is 0 Å². The molecule has 1 saturated carbocycles. The molecule has 0 aliphatic heterocycles. The second-order valence-electron chi connectivity index (χ2n) is 4.14. The molecule has 0 saturated heterocycles. The molecule has 0 atom stereocenters. The van der Waals surface area contributed by atoms with E-state index in [1.54, 1.807) is 0 Å². The summed E-state index contributed by atoms with van der Waals surface area (Å²) in [7, 11) is 0. The molecule has 0 spiro atoms. The number of hydrogen-bond donors (Lipinski definition) is 3. The van der Waals surface area contributed by atoms with Crippen LogP contribution in [-0.2, 0) is 10.2 Å². The Morgan fingerprint density at radius 3 is 2.44 bits per heavy atom. The fourth-order valence-electron chi connectivity index (χ4n) is 1.96. The highest BCUT2D eigenvalue weighted by atomic mass is 19.1. The first-order valence-corrected chi connectivity index (χ1v) is 4.89. The molecular weight excluding hydrogens is 215 g/mol. The number of phenols is 2. The highest BCUT2D eigenvalue weighted by Crippen LogP contribution is 2.55. The number of carboxylic acids is 1. The lowest BCUT2D eigenvalue weighted by Crippen LogP contribution is -2.13. The predicted octanol–water partition coefficient (Wildman–Crippen LogP) is 1.74. The van der Waals surface area contributed by atoms with Crippen molar-refractivity contribution < 1.29 is 24.5 Å². The number of aromatic hydroxyl groups is 2. The Hall–Kier alpha value is -1.78. The molecule has 1 aliphatic rings. The van der Waals surface area contributed by atoms with Gasteiger partial charge in [-0.2, -0.15) is 0 Å². The number of aliphatic carboxylic acids is 1. The molecule has 0 radical (unpaired) electrons. The molecule has 1 aromatic rings. The molecule has 0 aromatic heterocycles. The summed E-state index contributed by atoms with van der Waals surface area (Å²) in [5.74, 6) is -3.24. The van der Waals surface area contributed by atoms with E-state index in [1.165, 1.54) is 6.07 Å². The van der Waals surface area contributed by atoms with Crippen molar-refractivity contribution in [3.63, 3.8) is 0 Å². The van der Waals surface area contributed by atoms with Crippen LogP contribution in [0.4, 0.5) is 4.39 Å². The van der Waals surface area contributed by atoms with Crippen LogP contribution in [0.5, 0.6) is 11.5 Å². The fourth-order valence-corrected chi connectivity index (χ4v) is 1.96. The van der Waals surface area contributed by atoms with Crippen LogP contribution in [0.15, 0.2) is 12.1 Å². The van der Waals surface area contributed by atoms with Gasteiger partial charge in [-0.3, -0.25) is 4.79 Å². The van der Waals surface area contributed by atoms with Gasteiger partial charge in [0.25, 0.3) is 0 Å². The Morgan fingerprint density at radius 1 is 1.31 bits per heavy atom. The Kier molecular flexibility index (Phi) is 2.26. The number of benzene rings is 1. The maximum Gasteiger partial charge on any atom is 0.304 e. The largest absolute Gasteiger partial charge is 0.504 e. The minimum atomic E-state index is -0.972. The monoisotopic (exact) mass is 226 g/mol. The van der Waals surface area contributed by atoms with E-state index in [2.05, 4.69) is 0 Å². The van der Waals surface area contributed by atoms with Crippen LogP contribution >= 0.6 is 0 Å². The van der Waals surface area contributed by atoms with Gasteiger partial charge in [0.15, 0.2) is 17.3 Å². The van der Waals surface area contributed by atoms with Gasteiger partial charge in [0, 0.05) is 11.0 Å². The first-order valence-electron chi connectivity index (χ1n) is 4.89. The van der Waals surface area contributed by atoms with Gasteiger partial charge in [-0.15, -0.1) is 0 Å². The summed E-state index contributed by atoms with van der Waals surface area (Å²) in [6.45, 7) is 0. The van der Waals surface area contributed by atoms with Crippen LogP contribution in [0, 0.1) is 5.82 Å². The molecule has 86 valence electrons. The van der Waals surface area contributed by atoms with E-state index in [0.29, 0.717) is 18.4 Å². The molecule has 0 heterocycles. The first kappa shape index (κ1) is 10.7. The molecule has 16 heavy (non-hydrogen) atoms. The molecule has 0 bridgehead atoms. The third-order valence-corrected chi connectivity index (χ3v) is 3.02. The molecule has 4 nitrogen and oxygen atoms in total. The van der Waals surface area contributed by atoms with Crippen molar-refractivity contribution >= 4 is 5.97 Å². The predicted molar refractivity (Wildman–Crippen MR) is 52.9 cm³/mol. The summed E-state index contributed by atoms with van der Waals surface area (Å²) >= 11 is 0. The van der Waals surface area contributed by atoms with E-state index in [9.17, 15) is 19.4 Å². The molecule has 3 N–H and O–H groups in total. The average molecular weight is 226 g/mol. The summed E-state index contributed by atoms with van der Waals surface area (Å²) < 4.78 is 12.9. The number of halogens is 1.